The van der Waals surface area contributed by atoms with Gasteiger partial charge in [0.2, 0.25) is 0 Å². The zero-order valence-corrected chi connectivity index (χ0v) is 14.7. The van der Waals surface area contributed by atoms with Crippen LogP contribution in [0.5, 0.6) is 0 Å². The minimum Gasteiger partial charge on any atom is -0.480 e. The van der Waals surface area contributed by atoms with Gasteiger partial charge in [-0.3, -0.25) is 9.59 Å². The Kier molecular flexibility index (Phi) is 6.59. The minimum absolute atomic E-state index is 0.0215. The number of carboxylic acid groups (broad SMARTS) is 1. The zero-order chi connectivity index (χ0) is 17.5. The van der Waals surface area contributed by atoms with Crippen molar-refractivity contribution in [1.29, 1.82) is 0 Å². The second-order valence-corrected chi connectivity index (χ2v) is 6.42. The number of hydrogen-bond acceptors (Lipinski definition) is 2. The second kappa shape index (κ2) is 8.67. The van der Waals surface area contributed by atoms with E-state index in [4.69, 9.17) is 0 Å². The number of rotatable bonds is 9. The molecule has 0 atom stereocenters. The van der Waals surface area contributed by atoms with E-state index in [0.717, 1.165) is 30.5 Å². The van der Waals surface area contributed by atoms with Crippen molar-refractivity contribution in [1.82, 2.24) is 4.57 Å². The summed E-state index contributed by atoms with van der Waals surface area (Å²) in [5, 5.41) is 9.88. The van der Waals surface area contributed by atoms with E-state index in [1.165, 1.54) is 25.7 Å². The maximum absolute atomic E-state index is 12.6. The van der Waals surface area contributed by atoms with Crippen LogP contribution in [0.1, 0.15) is 56.7 Å². The molecule has 0 bridgehead atoms. The van der Waals surface area contributed by atoms with Crippen molar-refractivity contribution in [2.24, 2.45) is 0 Å². The molecule has 1 N–H and O–H groups in total. The number of aromatic nitrogens is 1. The van der Waals surface area contributed by atoms with Gasteiger partial charge in [-0.2, -0.15) is 0 Å². The van der Waals surface area contributed by atoms with Crippen molar-refractivity contribution < 1.29 is 9.90 Å². The van der Waals surface area contributed by atoms with Gasteiger partial charge in [-0.1, -0.05) is 51.2 Å². The summed E-state index contributed by atoms with van der Waals surface area (Å²) >= 11 is 0. The predicted octanol–water partition coefficient (Wildman–Crippen LogP) is 4.30. The predicted molar refractivity (Wildman–Crippen MR) is 97.7 cm³/mol. The Hall–Kier alpha value is -2.10. The first-order valence-corrected chi connectivity index (χ1v) is 8.89. The van der Waals surface area contributed by atoms with Gasteiger partial charge in [-0.15, -0.1) is 0 Å². The average molecular weight is 329 g/mol. The Morgan fingerprint density at radius 3 is 2.46 bits per heavy atom. The standard InChI is InChI=1S/C20H27NO3/c1-3-4-5-6-7-8-12-17-15(2)20(24)16-11-9-10-13-18(16)21(17)14-19(22)23/h9-11,13H,3-8,12,14H2,1-2H3,(H,22,23). The van der Waals surface area contributed by atoms with Gasteiger partial charge >= 0.3 is 5.97 Å². The van der Waals surface area contributed by atoms with Crippen molar-refractivity contribution in [3.8, 4) is 0 Å². The summed E-state index contributed by atoms with van der Waals surface area (Å²) in [5.74, 6) is -0.882. The quantitative estimate of drug-likeness (QED) is 0.698. The number of unbranched alkanes of at least 4 members (excludes halogenated alkanes) is 5. The van der Waals surface area contributed by atoms with Crippen LogP contribution in [-0.4, -0.2) is 15.6 Å². The Labute approximate surface area is 143 Å². The van der Waals surface area contributed by atoms with Crippen molar-refractivity contribution in [3.63, 3.8) is 0 Å². The van der Waals surface area contributed by atoms with Gasteiger partial charge in [-0.05, 0) is 31.9 Å². The largest absolute Gasteiger partial charge is 0.480 e. The SMILES string of the molecule is CCCCCCCCc1c(C)c(=O)c2ccccc2n1CC(=O)O. The lowest BCUT2D eigenvalue weighted by atomic mass is 10.0. The molecule has 24 heavy (non-hydrogen) atoms. The molecule has 1 aromatic heterocycles. The highest BCUT2D eigenvalue weighted by molar-refractivity contribution is 5.81. The van der Waals surface area contributed by atoms with E-state index < -0.39 is 5.97 Å². The molecule has 0 fully saturated rings. The lowest BCUT2D eigenvalue weighted by Gasteiger charge is -2.18. The number of pyridine rings is 1. The number of benzene rings is 1. The molecule has 1 heterocycles. The molecule has 2 aromatic rings. The number of aliphatic carboxylic acids is 1. The molecular weight excluding hydrogens is 302 g/mol. The molecule has 0 spiro atoms. The number of nitrogens with zero attached hydrogens (tertiary/aromatic N) is 1. The number of carboxylic acids is 1. The monoisotopic (exact) mass is 329 g/mol. The maximum Gasteiger partial charge on any atom is 0.323 e. The van der Waals surface area contributed by atoms with Gasteiger partial charge in [-0.25, -0.2) is 0 Å². The van der Waals surface area contributed by atoms with Crippen molar-refractivity contribution in [3.05, 3.63) is 45.7 Å². The van der Waals surface area contributed by atoms with Crippen LogP contribution in [0.25, 0.3) is 10.9 Å². The van der Waals surface area contributed by atoms with Crippen LogP contribution >= 0.6 is 0 Å². The first-order valence-electron chi connectivity index (χ1n) is 8.89. The molecule has 0 aliphatic rings. The number of fused-ring (bicyclic) bond motifs is 1. The lowest BCUT2D eigenvalue weighted by molar-refractivity contribution is -0.137. The average Bonchev–Trinajstić information content (AvgIpc) is 2.57. The van der Waals surface area contributed by atoms with Crippen LogP contribution < -0.4 is 5.43 Å². The molecule has 0 aliphatic carbocycles. The van der Waals surface area contributed by atoms with Crippen molar-refractivity contribution >= 4 is 16.9 Å². The van der Waals surface area contributed by atoms with Gasteiger partial charge < -0.3 is 9.67 Å². The molecule has 0 amide bonds. The molecule has 0 radical (unpaired) electrons. The van der Waals surface area contributed by atoms with E-state index in [0.29, 0.717) is 10.9 Å². The Morgan fingerprint density at radius 2 is 1.75 bits per heavy atom. The van der Waals surface area contributed by atoms with Gasteiger partial charge in [0.1, 0.15) is 6.54 Å². The van der Waals surface area contributed by atoms with Gasteiger partial charge in [0, 0.05) is 16.6 Å². The zero-order valence-electron chi connectivity index (χ0n) is 14.7. The summed E-state index contributed by atoms with van der Waals surface area (Å²) in [5.41, 5.74) is 2.30. The highest BCUT2D eigenvalue weighted by atomic mass is 16.4. The van der Waals surface area contributed by atoms with Gasteiger partial charge in [0.05, 0.1) is 5.52 Å². The van der Waals surface area contributed by atoms with Gasteiger partial charge in [0.25, 0.3) is 0 Å². The highest BCUT2D eigenvalue weighted by Crippen LogP contribution is 2.19. The first-order chi connectivity index (χ1) is 11.6. The van der Waals surface area contributed by atoms with Crippen LogP contribution in [0.3, 0.4) is 0 Å². The summed E-state index contributed by atoms with van der Waals surface area (Å²) in [6.07, 6.45) is 7.79. The molecule has 0 saturated heterocycles. The molecule has 0 aliphatic heterocycles. The second-order valence-electron chi connectivity index (χ2n) is 6.42. The topological polar surface area (TPSA) is 59.3 Å². The highest BCUT2D eigenvalue weighted by Gasteiger charge is 2.15. The fourth-order valence-electron chi connectivity index (χ4n) is 3.29. The summed E-state index contributed by atoms with van der Waals surface area (Å²) in [4.78, 5) is 23.9. The molecule has 0 saturated carbocycles. The van der Waals surface area contributed by atoms with Crippen LogP contribution in [0.2, 0.25) is 0 Å². The van der Waals surface area contributed by atoms with Crippen LogP contribution in [0, 0.1) is 6.92 Å². The Bertz CT molecular complexity index is 761. The van der Waals surface area contributed by atoms with Crippen LogP contribution in [-0.2, 0) is 17.8 Å². The molecule has 130 valence electrons. The number of hydrogen-bond donors (Lipinski definition) is 1. The number of carbonyl (C=O) groups is 1. The molecule has 0 unspecified atom stereocenters. The molecule has 4 heteroatoms. The molecular formula is C20H27NO3. The third-order valence-corrected chi connectivity index (χ3v) is 4.60. The normalized spacial score (nSPS) is 11.1. The fraction of sp³-hybridized carbons (Fsp3) is 0.500. The van der Waals surface area contributed by atoms with Crippen LogP contribution in [0.15, 0.2) is 29.1 Å². The van der Waals surface area contributed by atoms with Gasteiger partial charge in [0.15, 0.2) is 5.43 Å². The third-order valence-electron chi connectivity index (χ3n) is 4.60. The van der Waals surface area contributed by atoms with Crippen molar-refractivity contribution in [2.75, 3.05) is 0 Å². The molecule has 2 rings (SSSR count). The van der Waals surface area contributed by atoms with E-state index >= 15 is 0 Å². The van der Waals surface area contributed by atoms with E-state index in [-0.39, 0.29) is 12.0 Å². The molecule has 4 nitrogen and oxygen atoms in total. The van der Waals surface area contributed by atoms with E-state index in [2.05, 4.69) is 6.92 Å². The maximum atomic E-state index is 12.6. The van der Waals surface area contributed by atoms with E-state index in [1.54, 1.807) is 10.6 Å². The van der Waals surface area contributed by atoms with Crippen molar-refractivity contribution in [2.45, 2.75) is 65.3 Å². The fourth-order valence-corrected chi connectivity index (χ4v) is 3.29. The van der Waals surface area contributed by atoms with Crippen LogP contribution in [0.4, 0.5) is 0 Å². The van der Waals surface area contributed by atoms with E-state index in [1.807, 2.05) is 25.1 Å². The lowest BCUT2D eigenvalue weighted by Crippen LogP contribution is -2.21. The third kappa shape index (κ3) is 4.25. The van der Waals surface area contributed by atoms with E-state index in [9.17, 15) is 14.7 Å². The first kappa shape index (κ1) is 18.2. The summed E-state index contributed by atoms with van der Waals surface area (Å²) < 4.78 is 1.81. The smallest absolute Gasteiger partial charge is 0.323 e. The summed E-state index contributed by atoms with van der Waals surface area (Å²) in [6, 6.07) is 7.28. The Balaban J connectivity index is 2.31. The Morgan fingerprint density at radius 1 is 1.08 bits per heavy atom. The summed E-state index contributed by atoms with van der Waals surface area (Å²) in [7, 11) is 0. The number of para-hydroxylation sites is 1. The minimum atomic E-state index is -0.882. The summed E-state index contributed by atoms with van der Waals surface area (Å²) in [6.45, 7) is 3.91. The molecule has 1 aromatic carbocycles.